The number of carbonyl (C=O) groups is 1. The summed E-state index contributed by atoms with van der Waals surface area (Å²) in [6, 6.07) is 5.31. The molecule has 0 N–H and O–H groups in total. The summed E-state index contributed by atoms with van der Waals surface area (Å²) in [6.07, 6.45) is 0.817. The molecule has 1 fully saturated rings. The van der Waals surface area contributed by atoms with Crippen LogP contribution in [0.5, 0.6) is 0 Å². The van der Waals surface area contributed by atoms with Gasteiger partial charge in [-0.2, -0.15) is 4.98 Å². The van der Waals surface area contributed by atoms with Crippen molar-refractivity contribution < 1.29 is 9.53 Å². The van der Waals surface area contributed by atoms with Crippen molar-refractivity contribution in [3.8, 4) is 0 Å². The summed E-state index contributed by atoms with van der Waals surface area (Å²) in [5, 5.41) is 1.06. The van der Waals surface area contributed by atoms with Crippen molar-refractivity contribution in [1.82, 2.24) is 9.97 Å². The molecule has 19 heavy (non-hydrogen) atoms. The van der Waals surface area contributed by atoms with E-state index >= 15 is 0 Å². The Hall–Kier alpha value is -1.72. The van der Waals surface area contributed by atoms with E-state index in [2.05, 4.69) is 14.9 Å². The highest BCUT2D eigenvalue weighted by molar-refractivity contribution is 6.28. The summed E-state index contributed by atoms with van der Waals surface area (Å²) in [7, 11) is 0. The first-order valence-corrected chi connectivity index (χ1v) is 6.41. The number of hydrogen-bond acceptors (Lipinski definition) is 5. The third kappa shape index (κ3) is 2.39. The second-order valence-corrected chi connectivity index (χ2v) is 4.65. The van der Waals surface area contributed by atoms with E-state index in [1.807, 2.05) is 0 Å². The number of halogens is 1. The van der Waals surface area contributed by atoms with E-state index in [1.54, 1.807) is 18.2 Å². The molecular formula is C13H12ClN3O2. The monoisotopic (exact) mass is 277 g/mol. The standard InChI is InChI=1S/C13H12ClN3O2/c14-13-15-11-2-1-9(8-18)7-10(11)12(16-13)17-3-5-19-6-4-17/h1-2,7-8H,3-6H2. The highest BCUT2D eigenvalue weighted by Gasteiger charge is 2.17. The van der Waals surface area contributed by atoms with Crippen LogP contribution >= 0.6 is 11.6 Å². The average Bonchev–Trinajstić information content (AvgIpc) is 2.47. The molecule has 0 radical (unpaired) electrons. The van der Waals surface area contributed by atoms with Gasteiger partial charge in [0.05, 0.1) is 18.7 Å². The Morgan fingerprint density at radius 2 is 2.05 bits per heavy atom. The molecule has 0 saturated carbocycles. The molecule has 5 nitrogen and oxygen atoms in total. The van der Waals surface area contributed by atoms with Crippen molar-refractivity contribution in [2.75, 3.05) is 31.2 Å². The quantitative estimate of drug-likeness (QED) is 0.620. The van der Waals surface area contributed by atoms with Crippen LogP contribution in [0.2, 0.25) is 5.28 Å². The molecule has 1 saturated heterocycles. The minimum atomic E-state index is 0.216. The van der Waals surface area contributed by atoms with Crippen molar-refractivity contribution in [2.45, 2.75) is 0 Å². The van der Waals surface area contributed by atoms with E-state index in [9.17, 15) is 4.79 Å². The van der Waals surface area contributed by atoms with E-state index in [0.29, 0.717) is 18.8 Å². The first-order valence-electron chi connectivity index (χ1n) is 6.03. The van der Waals surface area contributed by atoms with E-state index in [1.165, 1.54) is 0 Å². The van der Waals surface area contributed by atoms with Gasteiger partial charge in [-0.15, -0.1) is 0 Å². The normalized spacial score (nSPS) is 15.7. The maximum atomic E-state index is 10.9. The molecule has 3 rings (SSSR count). The summed E-state index contributed by atoms with van der Waals surface area (Å²) in [4.78, 5) is 21.5. The summed E-state index contributed by atoms with van der Waals surface area (Å²) >= 11 is 5.97. The van der Waals surface area contributed by atoms with E-state index in [0.717, 1.165) is 36.1 Å². The van der Waals surface area contributed by atoms with Gasteiger partial charge in [0.25, 0.3) is 0 Å². The predicted octanol–water partition coefficient (Wildman–Crippen LogP) is 1.93. The predicted molar refractivity (Wildman–Crippen MR) is 73.0 cm³/mol. The number of aldehydes is 1. The number of rotatable bonds is 2. The lowest BCUT2D eigenvalue weighted by molar-refractivity contribution is 0.112. The average molecular weight is 278 g/mol. The highest BCUT2D eigenvalue weighted by Crippen LogP contribution is 2.26. The number of aromatic nitrogens is 2. The van der Waals surface area contributed by atoms with Crippen LogP contribution in [0.1, 0.15) is 10.4 Å². The van der Waals surface area contributed by atoms with Crippen LogP contribution in [0.3, 0.4) is 0 Å². The Kier molecular flexibility index (Phi) is 3.31. The zero-order chi connectivity index (χ0) is 13.2. The fraction of sp³-hybridized carbons (Fsp3) is 0.308. The molecule has 0 bridgehead atoms. The van der Waals surface area contributed by atoms with Crippen molar-refractivity contribution in [1.29, 1.82) is 0 Å². The Morgan fingerprint density at radius 1 is 1.26 bits per heavy atom. The topological polar surface area (TPSA) is 55.3 Å². The summed E-state index contributed by atoms with van der Waals surface area (Å²) in [5.74, 6) is 0.766. The van der Waals surface area contributed by atoms with Gasteiger partial charge in [-0.05, 0) is 29.8 Å². The lowest BCUT2D eigenvalue weighted by atomic mass is 10.1. The molecule has 6 heteroatoms. The van der Waals surface area contributed by atoms with Crippen LogP contribution in [0.4, 0.5) is 5.82 Å². The van der Waals surface area contributed by atoms with E-state index in [-0.39, 0.29) is 5.28 Å². The van der Waals surface area contributed by atoms with Crippen LogP contribution in [0, 0.1) is 0 Å². The third-order valence-corrected chi connectivity index (χ3v) is 3.29. The zero-order valence-electron chi connectivity index (χ0n) is 10.2. The largest absolute Gasteiger partial charge is 0.378 e. The Labute approximate surface area is 115 Å². The molecule has 2 heterocycles. The molecule has 1 aliphatic rings. The van der Waals surface area contributed by atoms with Crippen LogP contribution < -0.4 is 4.90 Å². The molecule has 0 unspecified atom stereocenters. The lowest BCUT2D eigenvalue weighted by Gasteiger charge is -2.28. The fourth-order valence-corrected chi connectivity index (χ4v) is 2.36. The van der Waals surface area contributed by atoms with Gasteiger partial charge in [0.1, 0.15) is 12.1 Å². The van der Waals surface area contributed by atoms with Crippen LogP contribution in [-0.2, 0) is 4.74 Å². The Morgan fingerprint density at radius 3 is 2.79 bits per heavy atom. The van der Waals surface area contributed by atoms with Gasteiger partial charge in [0.2, 0.25) is 5.28 Å². The van der Waals surface area contributed by atoms with Gasteiger partial charge in [0.15, 0.2) is 0 Å². The minimum Gasteiger partial charge on any atom is -0.378 e. The minimum absolute atomic E-state index is 0.216. The van der Waals surface area contributed by atoms with Gasteiger partial charge in [-0.25, -0.2) is 4.98 Å². The van der Waals surface area contributed by atoms with Gasteiger partial charge in [-0.1, -0.05) is 0 Å². The van der Waals surface area contributed by atoms with Crippen molar-refractivity contribution >= 4 is 34.6 Å². The number of carbonyl (C=O) groups excluding carboxylic acids is 1. The second-order valence-electron chi connectivity index (χ2n) is 4.31. The number of benzene rings is 1. The van der Waals surface area contributed by atoms with E-state index in [4.69, 9.17) is 16.3 Å². The molecule has 0 aliphatic carbocycles. The number of fused-ring (bicyclic) bond motifs is 1. The fourth-order valence-electron chi connectivity index (χ4n) is 2.19. The molecule has 1 aromatic heterocycles. The van der Waals surface area contributed by atoms with Gasteiger partial charge in [-0.3, -0.25) is 4.79 Å². The van der Waals surface area contributed by atoms with E-state index < -0.39 is 0 Å². The second kappa shape index (κ2) is 5.11. The highest BCUT2D eigenvalue weighted by atomic mass is 35.5. The van der Waals surface area contributed by atoms with Crippen molar-refractivity contribution in [3.63, 3.8) is 0 Å². The number of ether oxygens (including phenoxy) is 1. The lowest BCUT2D eigenvalue weighted by Crippen LogP contribution is -2.37. The van der Waals surface area contributed by atoms with Crippen molar-refractivity contribution in [3.05, 3.63) is 29.0 Å². The van der Waals surface area contributed by atoms with Gasteiger partial charge in [0, 0.05) is 24.0 Å². The molecule has 1 aromatic carbocycles. The maximum Gasteiger partial charge on any atom is 0.224 e. The SMILES string of the molecule is O=Cc1ccc2nc(Cl)nc(N3CCOCC3)c2c1. The molecule has 0 atom stereocenters. The summed E-state index contributed by atoms with van der Waals surface area (Å²) < 4.78 is 5.33. The first-order chi connectivity index (χ1) is 9.28. The molecular weight excluding hydrogens is 266 g/mol. The molecule has 0 spiro atoms. The number of nitrogens with zero attached hydrogens (tertiary/aromatic N) is 3. The molecule has 1 aliphatic heterocycles. The van der Waals surface area contributed by atoms with Crippen LogP contribution in [0.25, 0.3) is 10.9 Å². The van der Waals surface area contributed by atoms with Crippen LogP contribution in [-0.4, -0.2) is 42.6 Å². The third-order valence-electron chi connectivity index (χ3n) is 3.12. The van der Waals surface area contributed by atoms with Gasteiger partial charge >= 0.3 is 0 Å². The zero-order valence-corrected chi connectivity index (χ0v) is 10.9. The Balaban J connectivity index is 2.16. The smallest absolute Gasteiger partial charge is 0.224 e. The summed E-state index contributed by atoms with van der Waals surface area (Å²) in [6.45, 7) is 2.84. The molecule has 0 amide bonds. The Bertz CT molecular complexity index is 627. The summed E-state index contributed by atoms with van der Waals surface area (Å²) in [5.41, 5.74) is 1.35. The molecule has 98 valence electrons. The number of anilines is 1. The number of hydrogen-bond donors (Lipinski definition) is 0. The van der Waals surface area contributed by atoms with Gasteiger partial charge < -0.3 is 9.64 Å². The maximum absolute atomic E-state index is 10.9. The molecule has 2 aromatic rings. The number of morpholine rings is 1. The van der Waals surface area contributed by atoms with Crippen molar-refractivity contribution in [2.24, 2.45) is 0 Å². The first kappa shape index (κ1) is 12.3. The van der Waals surface area contributed by atoms with Crippen LogP contribution in [0.15, 0.2) is 18.2 Å².